The van der Waals surface area contributed by atoms with Crippen molar-refractivity contribution in [3.63, 3.8) is 0 Å². The molecule has 6 rings (SSSR count). The number of anilines is 1. The number of ether oxygens (including phenoxy) is 2. The van der Waals surface area contributed by atoms with Gasteiger partial charge in [0.1, 0.15) is 27.0 Å². The van der Waals surface area contributed by atoms with Gasteiger partial charge in [-0.3, -0.25) is 18.2 Å². The minimum atomic E-state index is -4.94. The lowest BCUT2D eigenvalue weighted by atomic mass is 10.1. The predicted octanol–water partition coefficient (Wildman–Crippen LogP) is 8.10. The van der Waals surface area contributed by atoms with E-state index in [0.29, 0.717) is 28.9 Å². The van der Waals surface area contributed by atoms with Crippen LogP contribution < -0.4 is 14.8 Å². The Morgan fingerprint density at radius 2 is 0.968 bits per heavy atom. The molecule has 0 radical (unpaired) electrons. The highest BCUT2D eigenvalue weighted by Crippen LogP contribution is 2.39. The molecular formula is C37H32N6O15S4. The first-order valence-corrected chi connectivity index (χ1v) is 22.9. The highest BCUT2D eigenvalue weighted by Gasteiger charge is 2.22. The van der Waals surface area contributed by atoms with Gasteiger partial charge in [-0.2, -0.15) is 54.0 Å². The summed E-state index contributed by atoms with van der Waals surface area (Å²) in [6, 6.07) is 16.7. The van der Waals surface area contributed by atoms with Gasteiger partial charge in [0.25, 0.3) is 46.5 Å². The number of nitrogens with one attached hydrogen (secondary N) is 1. The molecule has 0 spiro atoms. The van der Waals surface area contributed by atoms with Crippen LogP contribution >= 0.6 is 0 Å². The van der Waals surface area contributed by atoms with Crippen molar-refractivity contribution in [2.45, 2.75) is 33.4 Å². The minimum Gasteiger partial charge on any atom is -0.494 e. The lowest BCUT2D eigenvalue weighted by molar-refractivity contribution is 0.416. The summed E-state index contributed by atoms with van der Waals surface area (Å²) < 4.78 is 144. The van der Waals surface area contributed by atoms with Crippen molar-refractivity contribution < 1.29 is 66.5 Å². The summed E-state index contributed by atoms with van der Waals surface area (Å²) in [5.41, 5.74) is 2.24. The van der Waals surface area contributed by atoms with Gasteiger partial charge in [0.15, 0.2) is 0 Å². The first-order valence-electron chi connectivity index (χ1n) is 17.2. The quantitative estimate of drug-likeness (QED) is 0.0292. The maximum Gasteiger partial charge on any atom is 0.295 e. The van der Waals surface area contributed by atoms with Crippen LogP contribution in [0.1, 0.15) is 11.1 Å². The number of rotatable bonds is 12. The maximum atomic E-state index is 12.1. The third-order valence-electron chi connectivity index (χ3n) is 8.93. The van der Waals surface area contributed by atoms with Crippen LogP contribution in [0.2, 0.25) is 0 Å². The number of aliphatic hydroxyl groups excluding tert-OH is 1. The van der Waals surface area contributed by atoms with Crippen molar-refractivity contribution >= 4 is 102 Å². The molecular weight excluding hydrogens is 897 g/mol. The molecule has 0 atom stereocenters. The fourth-order valence-corrected chi connectivity index (χ4v) is 8.68. The molecule has 0 bridgehead atoms. The molecule has 0 saturated carbocycles. The fourth-order valence-electron chi connectivity index (χ4n) is 5.98. The Kier molecular flexibility index (Phi) is 12.2. The Morgan fingerprint density at radius 1 is 0.516 bits per heavy atom. The van der Waals surface area contributed by atoms with Crippen LogP contribution in [0.25, 0.3) is 21.5 Å². The van der Waals surface area contributed by atoms with Gasteiger partial charge < -0.3 is 19.9 Å². The SMILES string of the molecule is COc1cc(N=C(O)Nc2cc(C)c(N=Nc3ccc4cc(S(=O)(=O)O)cc(S(=O)(=O)O)c4c3)cc2OC)c(C)cc1N=Nc1ccc2cc(S(=O)(=O)O)cc(S(=O)(=O)O)c2c1. The van der Waals surface area contributed by atoms with Crippen molar-refractivity contribution in [2.24, 2.45) is 25.4 Å². The molecule has 0 amide bonds. The average Bonchev–Trinajstić information content (AvgIpc) is 3.18. The number of hydrogen-bond acceptors (Lipinski definition) is 15. The Balaban J connectivity index is 1.25. The standard InChI is InChI=1S/C37H32N6O15S4/c1-19-10-32(43-41-24-8-6-22-12-26(60(48,49)50)16-36(28(22)14-24)62(54,55)56)34(58-4)17-29(19)38-37(44)39-31-9-20(2)30(18-33(31)57-3)42-40-23-7-5-21-11-25(59(45,46)47)15-35(27(21)13-23)61(51,52)53/h5-18H,1-4H3,(H2,38,39,44)(H,45,46,47)(H,48,49,50)(H,51,52,53)(H,54,55,56). The van der Waals surface area contributed by atoms with Crippen LogP contribution in [0.4, 0.5) is 34.1 Å². The number of nitrogens with zero attached hydrogens (tertiary/aromatic N) is 5. The summed E-state index contributed by atoms with van der Waals surface area (Å²) >= 11 is 0. The van der Waals surface area contributed by atoms with Gasteiger partial charge in [-0.1, -0.05) is 12.1 Å². The Bertz CT molecular complexity index is 3390. The highest BCUT2D eigenvalue weighted by atomic mass is 32.2. The van der Waals surface area contributed by atoms with Crippen LogP contribution in [0, 0.1) is 13.8 Å². The van der Waals surface area contributed by atoms with Gasteiger partial charge in [-0.25, -0.2) is 0 Å². The van der Waals surface area contributed by atoms with E-state index in [4.69, 9.17) is 9.47 Å². The molecule has 0 saturated heterocycles. The molecule has 324 valence electrons. The fraction of sp³-hybridized carbons (Fsp3) is 0.108. The highest BCUT2D eigenvalue weighted by molar-refractivity contribution is 7.87. The van der Waals surface area contributed by atoms with Crippen LogP contribution in [0.15, 0.2) is 130 Å². The van der Waals surface area contributed by atoms with Crippen molar-refractivity contribution in [3.05, 3.63) is 96.1 Å². The first-order chi connectivity index (χ1) is 28.8. The maximum absolute atomic E-state index is 12.1. The molecule has 0 aliphatic rings. The first kappa shape index (κ1) is 45.1. The molecule has 62 heavy (non-hydrogen) atoms. The molecule has 6 aromatic carbocycles. The number of fused-ring (bicyclic) bond motifs is 2. The Morgan fingerprint density at radius 3 is 1.42 bits per heavy atom. The van der Waals surface area contributed by atoms with E-state index in [-0.39, 0.29) is 61.5 Å². The Hall–Kier alpha value is -6.45. The summed E-state index contributed by atoms with van der Waals surface area (Å²) in [6.07, 6.45) is 0. The number of benzene rings is 6. The van der Waals surface area contributed by atoms with E-state index in [0.717, 1.165) is 12.1 Å². The molecule has 25 heteroatoms. The number of hydrogen-bond donors (Lipinski definition) is 6. The zero-order valence-electron chi connectivity index (χ0n) is 32.3. The van der Waals surface area contributed by atoms with Gasteiger partial charge in [0.2, 0.25) is 0 Å². The van der Waals surface area contributed by atoms with E-state index >= 15 is 0 Å². The second kappa shape index (κ2) is 16.8. The van der Waals surface area contributed by atoms with E-state index in [9.17, 15) is 57.0 Å². The molecule has 0 fully saturated rings. The van der Waals surface area contributed by atoms with E-state index in [1.54, 1.807) is 19.9 Å². The lowest BCUT2D eigenvalue weighted by Gasteiger charge is -2.13. The number of azo groups is 2. The second-order valence-electron chi connectivity index (χ2n) is 13.2. The van der Waals surface area contributed by atoms with Gasteiger partial charge >= 0.3 is 0 Å². The summed E-state index contributed by atoms with van der Waals surface area (Å²) in [5, 5.41) is 30.3. The van der Waals surface area contributed by atoms with Crippen LogP contribution in [0.5, 0.6) is 11.5 Å². The van der Waals surface area contributed by atoms with E-state index in [2.05, 4.69) is 30.8 Å². The van der Waals surface area contributed by atoms with Gasteiger partial charge in [-0.15, -0.1) is 5.11 Å². The van der Waals surface area contributed by atoms with E-state index < -0.39 is 66.1 Å². The molecule has 0 aliphatic heterocycles. The molecule has 0 unspecified atom stereocenters. The third-order valence-corrected chi connectivity index (χ3v) is 12.4. The summed E-state index contributed by atoms with van der Waals surface area (Å²) in [5.74, 6) is 0.354. The van der Waals surface area contributed by atoms with Crippen LogP contribution in [0.3, 0.4) is 0 Å². The summed E-state index contributed by atoms with van der Waals surface area (Å²) in [6.45, 7) is 3.33. The molecule has 0 heterocycles. The van der Waals surface area contributed by atoms with Crippen molar-refractivity contribution in [1.29, 1.82) is 0 Å². The monoisotopic (exact) mass is 928 g/mol. The molecule has 0 aromatic heterocycles. The molecule has 6 aromatic rings. The number of aliphatic hydroxyl groups is 1. The average molecular weight is 929 g/mol. The van der Waals surface area contributed by atoms with Gasteiger partial charge in [0, 0.05) is 22.9 Å². The lowest BCUT2D eigenvalue weighted by Crippen LogP contribution is -2.11. The van der Waals surface area contributed by atoms with Gasteiger partial charge in [-0.05, 0) is 96.4 Å². The van der Waals surface area contributed by atoms with Gasteiger partial charge in [0.05, 0.1) is 52.4 Å². The van der Waals surface area contributed by atoms with E-state index in [1.807, 2.05) is 0 Å². The zero-order chi connectivity index (χ0) is 45.5. The molecule has 6 N–H and O–H groups in total. The molecule has 21 nitrogen and oxygen atoms in total. The molecule has 0 aliphatic carbocycles. The van der Waals surface area contributed by atoms with Crippen molar-refractivity contribution in [1.82, 2.24) is 0 Å². The third kappa shape index (κ3) is 10.0. The Labute approximate surface area is 353 Å². The topological polar surface area (TPSA) is 330 Å². The van der Waals surface area contributed by atoms with Crippen LogP contribution in [-0.2, 0) is 40.5 Å². The minimum absolute atomic E-state index is 0.0627. The smallest absolute Gasteiger partial charge is 0.295 e. The number of methoxy groups -OCH3 is 2. The van der Waals surface area contributed by atoms with Crippen molar-refractivity contribution in [3.8, 4) is 11.5 Å². The number of aryl methyl sites for hydroxylation is 2. The summed E-state index contributed by atoms with van der Waals surface area (Å²) in [7, 11) is -16.8. The predicted molar refractivity (Wildman–Crippen MR) is 224 cm³/mol. The van der Waals surface area contributed by atoms with Crippen molar-refractivity contribution in [2.75, 3.05) is 19.5 Å². The second-order valence-corrected chi connectivity index (χ2v) is 18.8. The summed E-state index contributed by atoms with van der Waals surface area (Å²) in [4.78, 5) is 1.22. The number of amidine groups is 1. The largest absolute Gasteiger partial charge is 0.494 e. The zero-order valence-corrected chi connectivity index (χ0v) is 35.5. The van der Waals surface area contributed by atoms with Crippen LogP contribution in [-0.4, -0.2) is 77.2 Å². The van der Waals surface area contributed by atoms with E-state index in [1.165, 1.54) is 68.8 Å². The normalized spacial score (nSPS) is 13.1. The number of aliphatic imine (C=N–C) groups is 1.